The number of hydrogen-bond donors (Lipinski definition) is 3. The first-order chi connectivity index (χ1) is 7.15. The van der Waals surface area contributed by atoms with Crippen molar-refractivity contribution in [3.05, 3.63) is 38.9 Å². The van der Waals surface area contributed by atoms with Gasteiger partial charge in [0.25, 0.3) is 5.56 Å². The van der Waals surface area contributed by atoms with Crippen LogP contribution in [0.25, 0.3) is 0 Å². The Bertz CT molecular complexity index is 531. The molecule has 5 nitrogen and oxygen atoms in total. The Kier molecular flexibility index (Phi) is 2.59. The fraction of sp³-hybridized carbons (Fsp3) is 0.111. The number of pyridine rings is 1. The van der Waals surface area contributed by atoms with Gasteiger partial charge < -0.3 is 10.3 Å². The average Bonchev–Trinajstić information content (AvgIpc) is 2.58. The van der Waals surface area contributed by atoms with Crippen LogP contribution in [0.15, 0.2) is 27.6 Å². The van der Waals surface area contributed by atoms with Gasteiger partial charge in [-0.2, -0.15) is 5.10 Å². The second-order valence-corrected chi connectivity index (χ2v) is 4.04. The van der Waals surface area contributed by atoms with Crippen molar-refractivity contribution in [3.8, 4) is 0 Å². The Morgan fingerprint density at radius 1 is 1.47 bits per heavy atom. The molecule has 2 aromatic rings. The summed E-state index contributed by atoms with van der Waals surface area (Å²) in [4.78, 5) is 14.0. The van der Waals surface area contributed by atoms with E-state index in [1.54, 1.807) is 12.3 Å². The van der Waals surface area contributed by atoms with E-state index in [9.17, 15) is 4.79 Å². The number of hydrogen-bond acceptors (Lipinski definition) is 3. The van der Waals surface area contributed by atoms with Gasteiger partial charge in [0.05, 0.1) is 0 Å². The topological polar surface area (TPSA) is 73.6 Å². The lowest BCUT2D eigenvalue weighted by molar-refractivity contribution is 1.05. The fourth-order valence-corrected chi connectivity index (χ4v) is 1.51. The van der Waals surface area contributed by atoms with Crippen molar-refractivity contribution in [2.75, 3.05) is 5.32 Å². The maximum Gasteiger partial charge on any atom is 0.271 e. The van der Waals surface area contributed by atoms with Crippen LogP contribution in [0.4, 0.5) is 11.5 Å². The number of H-pyrrole nitrogens is 2. The van der Waals surface area contributed by atoms with Crippen LogP contribution < -0.4 is 10.9 Å². The molecular formula is C9H9BrN4O. The first-order valence-corrected chi connectivity index (χ1v) is 5.12. The van der Waals surface area contributed by atoms with Gasteiger partial charge in [0, 0.05) is 22.4 Å². The minimum atomic E-state index is -0.182. The lowest BCUT2D eigenvalue weighted by Crippen LogP contribution is -2.10. The Balaban J connectivity index is 2.31. The molecule has 0 saturated carbocycles. The average molecular weight is 269 g/mol. The Morgan fingerprint density at radius 3 is 2.93 bits per heavy atom. The highest BCUT2D eigenvalue weighted by Crippen LogP contribution is 2.14. The highest BCUT2D eigenvalue weighted by Gasteiger charge is 2.02. The summed E-state index contributed by atoms with van der Waals surface area (Å²) in [6.45, 7) is 1.89. The molecular weight excluding hydrogens is 260 g/mol. The molecule has 0 saturated heterocycles. The number of anilines is 2. The van der Waals surface area contributed by atoms with Gasteiger partial charge in [-0.05, 0) is 28.9 Å². The van der Waals surface area contributed by atoms with Crippen LogP contribution in [0.1, 0.15) is 5.69 Å². The number of halogens is 1. The minimum Gasteiger partial charge on any atom is -0.334 e. The normalized spacial score (nSPS) is 10.3. The van der Waals surface area contributed by atoms with E-state index in [-0.39, 0.29) is 5.56 Å². The molecule has 6 heteroatoms. The smallest absolute Gasteiger partial charge is 0.271 e. The van der Waals surface area contributed by atoms with Gasteiger partial charge in [0.2, 0.25) is 0 Å². The fourth-order valence-electron chi connectivity index (χ4n) is 1.17. The highest BCUT2D eigenvalue weighted by molar-refractivity contribution is 9.10. The van der Waals surface area contributed by atoms with Gasteiger partial charge in [0.15, 0.2) is 5.82 Å². The lowest BCUT2D eigenvalue weighted by Gasteiger charge is -2.00. The summed E-state index contributed by atoms with van der Waals surface area (Å²) in [5, 5.41) is 9.68. The maximum atomic E-state index is 11.4. The molecule has 0 bridgehead atoms. The first-order valence-electron chi connectivity index (χ1n) is 4.32. The molecule has 2 heterocycles. The number of nitrogens with one attached hydrogen (secondary N) is 3. The van der Waals surface area contributed by atoms with E-state index in [1.807, 2.05) is 13.0 Å². The monoisotopic (exact) mass is 268 g/mol. The lowest BCUT2D eigenvalue weighted by atomic mass is 10.4. The summed E-state index contributed by atoms with van der Waals surface area (Å²) in [5.41, 5.74) is 1.21. The molecule has 0 unspecified atom stereocenters. The largest absolute Gasteiger partial charge is 0.334 e. The van der Waals surface area contributed by atoms with Crippen molar-refractivity contribution in [3.63, 3.8) is 0 Å². The van der Waals surface area contributed by atoms with E-state index in [2.05, 4.69) is 36.4 Å². The molecule has 0 radical (unpaired) electrons. The SMILES string of the molecule is Cc1cc(Nc2cc(Br)c[nH]c2=O)n[nH]1. The number of nitrogens with zero attached hydrogens (tertiary/aromatic N) is 1. The van der Waals surface area contributed by atoms with Crippen LogP contribution >= 0.6 is 15.9 Å². The van der Waals surface area contributed by atoms with Gasteiger partial charge >= 0.3 is 0 Å². The highest BCUT2D eigenvalue weighted by atomic mass is 79.9. The molecule has 0 aliphatic carbocycles. The molecule has 78 valence electrons. The number of aryl methyl sites for hydroxylation is 1. The van der Waals surface area contributed by atoms with Crippen molar-refractivity contribution in [2.45, 2.75) is 6.92 Å². The van der Waals surface area contributed by atoms with Gasteiger partial charge in [-0.15, -0.1) is 0 Å². The molecule has 0 fully saturated rings. The quantitative estimate of drug-likeness (QED) is 0.779. The van der Waals surface area contributed by atoms with Crippen molar-refractivity contribution in [1.29, 1.82) is 0 Å². The van der Waals surface area contributed by atoms with E-state index in [0.29, 0.717) is 11.5 Å². The standard InChI is InChI=1S/C9H9BrN4O/c1-5-2-8(14-13-5)12-7-3-6(10)4-11-9(7)15/h2-4H,1H3,(H,11,15)(H2,12,13,14). The second-order valence-electron chi connectivity index (χ2n) is 3.12. The third-order valence-corrected chi connectivity index (χ3v) is 2.29. The van der Waals surface area contributed by atoms with Crippen LogP contribution in [-0.4, -0.2) is 15.2 Å². The molecule has 0 aromatic carbocycles. The zero-order valence-corrected chi connectivity index (χ0v) is 9.55. The van der Waals surface area contributed by atoms with Crippen LogP contribution in [0, 0.1) is 6.92 Å². The molecule has 0 amide bonds. The maximum absolute atomic E-state index is 11.4. The van der Waals surface area contributed by atoms with Gasteiger partial charge in [-0.25, -0.2) is 0 Å². The second kappa shape index (κ2) is 3.90. The molecule has 0 spiro atoms. The van der Waals surface area contributed by atoms with Crippen molar-refractivity contribution < 1.29 is 0 Å². The molecule has 2 aromatic heterocycles. The first kappa shape index (κ1) is 9.97. The third-order valence-electron chi connectivity index (χ3n) is 1.84. The van der Waals surface area contributed by atoms with Crippen molar-refractivity contribution in [2.24, 2.45) is 0 Å². The van der Waals surface area contributed by atoms with Gasteiger partial charge in [-0.1, -0.05) is 0 Å². The van der Waals surface area contributed by atoms with Crippen molar-refractivity contribution in [1.82, 2.24) is 15.2 Å². The van der Waals surface area contributed by atoms with Crippen LogP contribution in [-0.2, 0) is 0 Å². The summed E-state index contributed by atoms with van der Waals surface area (Å²) in [7, 11) is 0. The molecule has 0 aliphatic rings. The molecule has 0 aliphatic heterocycles. The minimum absolute atomic E-state index is 0.182. The van der Waals surface area contributed by atoms with Gasteiger partial charge in [0.1, 0.15) is 5.69 Å². The molecule has 15 heavy (non-hydrogen) atoms. The molecule has 2 rings (SSSR count). The zero-order chi connectivity index (χ0) is 10.8. The number of rotatable bonds is 2. The van der Waals surface area contributed by atoms with Crippen LogP contribution in [0.3, 0.4) is 0 Å². The molecule has 0 atom stereocenters. The Hall–Kier alpha value is -1.56. The molecule has 3 N–H and O–H groups in total. The van der Waals surface area contributed by atoms with E-state index in [1.165, 1.54) is 0 Å². The van der Waals surface area contributed by atoms with Gasteiger partial charge in [-0.3, -0.25) is 9.89 Å². The summed E-state index contributed by atoms with van der Waals surface area (Å²) in [6, 6.07) is 3.52. The number of aromatic amines is 2. The zero-order valence-electron chi connectivity index (χ0n) is 7.97. The summed E-state index contributed by atoms with van der Waals surface area (Å²) in [5.74, 6) is 0.621. The predicted octanol–water partition coefficient (Wildman–Crippen LogP) is 1.91. The van der Waals surface area contributed by atoms with E-state index < -0.39 is 0 Å². The third kappa shape index (κ3) is 2.27. The van der Waals surface area contributed by atoms with E-state index in [0.717, 1.165) is 10.2 Å². The van der Waals surface area contributed by atoms with Crippen LogP contribution in [0.2, 0.25) is 0 Å². The Morgan fingerprint density at radius 2 is 2.27 bits per heavy atom. The summed E-state index contributed by atoms with van der Waals surface area (Å²) >= 11 is 3.28. The summed E-state index contributed by atoms with van der Waals surface area (Å²) in [6.07, 6.45) is 1.59. The Labute approximate surface area is 94.0 Å². The predicted molar refractivity (Wildman–Crippen MR) is 61.4 cm³/mol. The van der Waals surface area contributed by atoms with E-state index in [4.69, 9.17) is 0 Å². The van der Waals surface area contributed by atoms with Crippen molar-refractivity contribution >= 4 is 27.4 Å². The van der Waals surface area contributed by atoms with Crippen LogP contribution in [0.5, 0.6) is 0 Å². The van der Waals surface area contributed by atoms with E-state index >= 15 is 0 Å². The number of aromatic nitrogens is 3. The summed E-state index contributed by atoms with van der Waals surface area (Å²) < 4.78 is 0.803.